The van der Waals surface area contributed by atoms with E-state index < -0.39 is 11.8 Å². The number of ether oxygens (including phenoxy) is 1. The fourth-order valence-electron chi connectivity index (χ4n) is 2.52. The average Bonchev–Trinajstić information content (AvgIpc) is 3.30. The molecule has 2 aromatic heterocycles. The zero-order chi connectivity index (χ0) is 16.8. The van der Waals surface area contributed by atoms with Crippen molar-refractivity contribution in [2.45, 2.75) is 6.04 Å². The van der Waals surface area contributed by atoms with Gasteiger partial charge in [0.15, 0.2) is 5.13 Å². The van der Waals surface area contributed by atoms with Crippen LogP contribution in [0, 0.1) is 0 Å². The molecule has 2 N–H and O–H groups in total. The van der Waals surface area contributed by atoms with E-state index in [-0.39, 0.29) is 6.04 Å². The van der Waals surface area contributed by atoms with Crippen molar-refractivity contribution >= 4 is 39.6 Å². The van der Waals surface area contributed by atoms with Crippen LogP contribution in [0.4, 0.5) is 5.13 Å². The zero-order valence-corrected chi connectivity index (χ0v) is 14.6. The Kier molecular flexibility index (Phi) is 5.91. The Balaban J connectivity index is 1.58. The standard InChI is InChI=1S/C15H18N4O3S2/c20-13(14(21)18-15-16-2-8-24-15)17-9-12(11-1-7-23-10-11)19-3-5-22-6-4-19/h1-2,7-8,10,12H,3-6,9H2,(H,17,20)(H,16,18,21). The van der Waals surface area contributed by atoms with E-state index in [9.17, 15) is 9.59 Å². The summed E-state index contributed by atoms with van der Waals surface area (Å²) >= 11 is 2.89. The highest BCUT2D eigenvalue weighted by Crippen LogP contribution is 2.23. The number of thiophene rings is 1. The van der Waals surface area contributed by atoms with E-state index in [2.05, 4.69) is 25.9 Å². The van der Waals surface area contributed by atoms with Gasteiger partial charge in [0.1, 0.15) is 0 Å². The molecule has 0 saturated carbocycles. The summed E-state index contributed by atoms with van der Waals surface area (Å²) in [6.45, 7) is 3.35. The van der Waals surface area contributed by atoms with E-state index in [1.54, 1.807) is 22.9 Å². The van der Waals surface area contributed by atoms with Crippen LogP contribution < -0.4 is 10.6 Å². The summed E-state index contributed by atoms with van der Waals surface area (Å²) in [5.41, 5.74) is 1.14. The van der Waals surface area contributed by atoms with Crippen molar-refractivity contribution < 1.29 is 14.3 Å². The predicted octanol–water partition coefficient (Wildman–Crippen LogP) is 1.33. The Morgan fingerprint density at radius 3 is 2.79 bits per heavy atom. The molecule has 128 valence electrons. The minimum atomic E-state index is -0.698. The molecule has 0 bridgehead atoms. The number of anilines is 1. The van der Waals surface area contributed by atoms with Crippen LogP contribution >= 0.6 is 22.7 Å². The van der Waals surface area contributed by atoms with Gasteiger partial charge in [-0.25, -0.2) is 4.98 Å². The number of hydrogen-bond acceptors (Lipinski definition) is 7. The number of nitrogens with zero attached hydrogens (tertiary/aromatic N) is 2. The van der Waals surface area contributed by atoms with E-state index in [0.717, 1.165) is 18.7 Å². The monoisotopic (exact) mass is 366 g/mol. The van der Waals surface area contributed by atoms with E-state index in [1.807, 2.05) is 11.4 Å². The fourth-order valence-corrected chi connectivity index (χ4v) is 3.75. The zero-order valence-electron chi connectivity index (χ0n) is 12.9. The summed E-state index contributed by atoms with van der Waals surface area (Å²) in [6.07, 6.45) is 1.57. The number of thiazole rings is 1. The van der Waals surface area contributed by atoms with Gasteiger partial charge in [-0.3, -0.25) is 19.8 Å². The Hall–Kier alpha value is -1.81. The maximum Gasteiger partial charge on any atom is 0.315 e. The number of nitrogens with one attached hydrogen (secondary N) is 2. The molecule has 9 heteroatoms. The van der Waals surface area contributed by atoms with Crippen LogP contribution in [0.15, 0.2) is 28.4 Å². The first-order valence-corrected chi connectivity index (χ1v) is 9.39. The van der Waals surface area contributed by atoms with Crippen LogP contribution in [0.1, 0.15) is 11.6 Å². The number of aromatic nitrogens is 1. The highest BCUT2D eigenvalue weighted by Gasteiger charge is 2.24. The lowest BCUT2D eigenvalue weighted by molar-refractivity contribution is -0.136. The average molecular weight is 366 g/mol. The Morgan fingerprint density at radius 2 is 2.12 bits per heavy atom. The second-order valence-electron chi connectivity index (χ2n) is 5.22. The minimum absolute atomic E-state index is 0.0387. The van der Waals surface area contributed by atoms with Crippen molar-refractivity contribution in [2.75, 3.05) is 38.2 Å². The van der Waals surface area contributed by atoms with Crippen molar-refractivity contribution in [3.8, 4) is 0 Å². The van der Waals surface area contributed by atoms with E-state index in [4.69, 9.17) is 4.74 Å². The number of amides is 2. The minimum Gasteiger partial charge on any atom is -0.379 e. The maximum absolute atomic E-state index is 12.0. The quantitative estimate of drug-likeness (QED) is 0.780. The van der Waals surface area contributed by atoms with Crippen molar-refractivity contribution in [1.82, 2.24) is 15.2 Å². The normalized spacial score (nSPS) is 16.5. The lowest BCUT2D eigenvalue weighted by atomic mass is 10.1. The summed E-state index contributed by atoms with van der Waals surface area (Å²) in [5, 5.41) is 11.4. The van der Waals surface area contributed by atoms with Gasteiger partial charge in [0.05, 0.1) is 19.3 Å². The molecule has 1 fully saturated rings. The lowest BCUT2D eigenvalue weighted by Crippen LogP contribution is -2.45. The molecule has 3 rings (SSSR count). The summed E-state index contributed by atoms with van der Waals surface area (Å²) in [7, 11) is 0. The van der Waals surface area contributed by atoms with Gasteiger partial charge in [0.2, 0.25) is 0 Å². The number of morpholine rings is 1. The summed E-state index contributed by atoms with van der Waals surface area (Å²) in [5.74, 6) is -1.35. The van der Waals surface area contributed by atoms with E-state index in [1.165, 1.54) is 11.3 Å². The maximum atomic E-state index is 12.0. The summed E-state index contributed by atoms with van der Waals surface area (Å²) in [6, 6.07) is 2.09. The van der Waals surface area contributed by atoms with Gasteiger partial charge in [-0.05, 0) is 22.4 Å². The third kappa shape index (κ3) is 4.38. The molecule has 0 spiro atoms. The van der Waals surface area contributed by atoms with Gasteiger partial charge >= 0.3 is 11.8 Å². The highest BCUT2D eigenvalue weighted by molar-refractivity contribution is 7.13. The van der Waals surface area contributed by atoms with E-state index in [0.29, 0.717) is 24.9 Å². The smallest absolute Gasteiger partial charge is 0.315 e. The Labute approximate surface area is 147 Å². The van der Waals surface area contributed by atoms with Gasteiger partial charge in [0.25, 0.3) is 0 Å². The summed E-state index contributed by atoms with van der Waals surface area (Å²) in [4.78, 5) is 30.1. The molecule has 2 amide bonds. The number of hydrogen-bond donors (Lipinski definition) is 2. The first-order chi connectivity index (χ1) is 11.7. The van der Waals surface area contributed by atoms with Crippen LogP contribution in [0.25, 0.3) is 0 Å². The van der Waals surface area contributed by atoms with Crippen LogP contribution in [-0.2, 0) is 14.3 Å². The fraction of sp³-hybridized carbons (Fsp3) is 0.400. The third-order valence-corrected chi connectivity index (χ3v) is 5.12. The van der Waals surface area contributed by atoms with Crippen molar-refractivity contribution in [3.05, 3.63) is 34.0 Å². The largest absolute Gasteiger partial charge is 0.379 e. The highest BCUT2D eigenvalue weighted by atomic mass is 32.1. The third-order valence-electron chi connectivity index (χ3n) is 3.73. The Bertz CT molecular complexity index is 654. The van der Waals surface area contributed by atoms with E-state index >= 15 is 0 Å². The molecule has 1 aliphatic heterocycles. The van der Waals surface area contributed by atoms with Gasteiger partial charge in [0, 0.05) is 31.2 Å². The van der Waals surface area contributed by atoms with Crippen LogP contribution in [0.2, 0.25) is 0 Å². The number of rotatable bonds is 5. The molecule has 7 nitrogen and oxygen atoms in total. The molecule has 1 unspecified atom stereocenters. The molecule has 1 saturated heterocycles. The molecule has 0 aliphatic carbocycles. The molecule has 1 aliphatic rings. The first kappa shape index (κ1) is 17.0. The van der Waals surface area contributed by atoms with Crippen molar-refractivity contribution in [3.63, 3.8) is 0 Å². The second-order valence-corrected chi connectivity index (χ2v) is 6.90. The number of carbonyl (C=O) groups is 2. The molecule has 0 aromatic carbocycles. The van der Waals surface area contributed by atoms with Gasteiger partial charge in [-0.1, -0.05) is 0 Å². The molecule has 1 atom stereocenters. The van der Waals surface area contributed by atoms with Gasteiger partial charge in [-0.2, -0.15) is 11.3 Å². The summed E-state index contributed by atoms with van der Waals surface area (Å²) < 4.78 is 5.39. The lowest BCUT2D eigenvalue weighted by Gasteiger charge is -2.34. The first-order valence-electron chi connectivity index (χ1n) is 7.56. The predicted molar refractivity (Wildman–Crippen MR) is 93.2 cm³/mol. The molecular weight excluding hydrogens is 348 g/mol. The van der Waals surface area contributed by atoms with Crippen molar-refractivity contribution in [2.24, 2.45) is 0 Å². The van der Waals surface area contributed by atoms with Gasteiger partial charge < -0.3 is 10.1 Å². The van der Waals surface area contributed by atoms with Crippen LogP contribution in [0.3, 0.4) is 0 Å². The second kappa shape index (κ2) is 8.34. The molecule has 0 radical (unpaired) electrons. The number of carbonyl (C=O) groups excluding carboxylic acids is 2. The van der Waals surface area contributed by atoms with Crippen molar-refractivity contribution in [1.29, 1.82) is 0 Å². The molecule has 2 aromatic rings. The van der Waals surface area contributed by atoms with Crippen LogP contribution in [0.5, 0.6) is 0 Å². The Morgan fingerprint density at radius 1 is 1.29 bits per heavy atom. The topological polar surface area (TPSA) is 83.6 Å². The molecular formula is C15H18N4O3S2. The van der Waals surface area contributed by atoms with Gasteiger partial charge in [-0.15, -0.1) is 11.3 Å². The molecule has 3 heterocycles. The molecule has 24 heavy (non-hydrogen) atoms. The SMILES string of the molecule is O=C(NCC(c1ccsc1)N1CCOCC1)C(=O)Nc1nccs1. The van der Waals surface area contributed by atoms with Crippen LogP contribution in [-0.4, -0.2) is 54.5 Å².